The van der Waals surface area contributed by atoms with Crippen LogP contribution < -0.4 is 0 Å². The molecular formula is C22H45O2. The second-order valence-electron chi connectivity index (χ2n) is 7.52. The minimum absolute atomic E-state index is 0.512. The molecule has 0 aromatic rings. The number of unbranched alkanes of at least 4 members (excludes halogenated alkanes) is 14. The van der Waals surface area contributed by atoms with Crippen LogP contribution in [-0.4, -0.2) is 22.4 Å². The summed E-state index contributed by atoms with van der Waals surface area (Å²) >= 11 is 0. The standard InChI is InChI=1S/C22H45O2/c1-3-5-7-9-11-13-15-17-19-21(23)22(24)20-18-16-14-12-10-8-6-4-2/h21-24H,1,3-20H2,2H3. The van der Waals surface area contributed by atoms with Crippen molar-refractivity contribution in [3.63, 3.8) is 0 Å². The van der Waals surface area contributed by atoms with Crippen molar-refractivity contribution in [3.8, 4) is 0 Å². The zero-order valence-electron chi connectivity index (χ0n) is 16.5. The number of hydrogen-bond donors (Lipinski definition) is 2. The second kappa shape index (κ2) is 19.2. The van der Waals surface area contributed by atoms with E-state index in [1.807, 2.05) is 0 Å². The molecule has 0 spiro atoms. The Balaban J connectivity index is 3.32. The average Bonchev–Trinajstić information content (AvgIpc) is 2.59. The fourth-order valence-electron chi connectivity index (χ4n) is 3.29. The zero-order valence-corrected chi connectivity index (χ0v) is 16.5. The summed E-state index contributed by atoms with van der Waals surface area (Å²) in [6.45, 7) is 6.11. The summed E-state index contributed by atoms with van der Waals surface area (Å²) in [5, 5.41) is 20.1. The van der Waals surface area contributed by atoms with Crippen molar-refractivity contribution in [2.45, 2.75) is 135 Å². The minimum atomic E-state index is -0.513. The molecule has 0 aliphatic carbocycles. The van der Waals surface area contributed by atoms with Crippen LogP contribution in [0.25, 0.3) is 0 Å². The summed E-state index contributed by atoms with van der Waals surface area (Å²) in [5.41, 5.74) is 0. The van der Waals surface area contributed by atoms with Gasteiger partial charge in [0.05, 0.1) is 12.2 Å². The van der Waals surface area contributed by atoms with Crippen LogP contribution in [0.4, 0.5) is 0 Å². The van der Waals surface area contributed by atoms with E-state index in [0.717, 1.165) is 32.1 Å². The van der Waals surface area contributed by atoms with Crippen LogP contribution in [0.1, 0.15) is 122 Å². The Morgan fingerprint density at radius 1 is 0.542 bits per heavy atom. The first-order chi connectivity index (χ1) is 11.7. The largest absolute Gasteiger partial charge is 0.390 e. The predicted octanol–water partition coefficient (Wildman–Crippen LogP) is 6.58. The van der Waals surface area contributed by atoms with E-state index in [0.29, 0.717) is 0 Å². The molecule has 0 aliphatic heterocycles. The fraction of sp³-hybridized carbons (Fsp3) is 0.955. The Bertz CT molecular complexity index is 206. The van der Waals surface area contributed by atoms with Crippen molar-refractivity contribution in [1.29, 1.82) is 0 Å². The molecule has 0 aromatic carbocycles. The topological polar surface area (TPSA) is 40.5 Å². The normalized spacial score (nSPS) is 14.0. The lowest BCUT2D eigenvalue weighted by molar-refractivity contribution is 0.00711. The predicted molar refractivity (Wildman–Crippen MR) is 106 cm³/mol. The average molecular weight is 342 g/mol. The molecule has 2 nitrogen and oxygen atoms in total. The van der Waals surface area contributed by atoms with E-state index in [-0.39, 0.29) is 0 Å². The van der Waals surface area contributed by atoms with E-state index in [4.69, 9.17) is 0 Å². The maximum Gasteiger partial charge on any atom is 0.0799 e. The van der Waals surface area contributed by atoms with Crippen LogP contribution in [0.3, 0.4) is 0 Å². The number of hydrogen-bond acceptors (Lipinski definition) is 2. The van der Waals surface area contributed by atoms with Gasteiger partial charge in [-0.2, -0.15) is 0 Å². The van der Waals surface area contributed by atoms with Crippen molar-refractivity contribution in [3.05, 3.63) is 6.92 Å². The van der Waals surface area contributed by atoms with Gasteiger partial charge in [-0.15, -0.1) is 0 Å². The third-order valence-corrected chi connectivity index (χ3v) is 5.05. The molecule has 2 heteroatoms. The lowest BCUT2D eigenvalue weighted by Crippen LogP contribution is -2.25. The monoisotopic (exact) mass is 341 g/mol. The van der Waals surface area contributed by atoms with Gasteiger partial charge in [-0.1, -0.05) is 117 Å². The van der Waals surface area contributed by atoms with E-state index in [2.05, 4.69) is 13.8 Å². The Kier molecular flexibility index (Phi) is 19.2. The number of rotatable bonds is 19. The Hall–Kier alpha value is -0.0800. The molecule has 145 valence electrons. The summed E-state index contributed by atoms with van der Waals surface area (Å²) in [7, 11) is 0. The van der Waals surface area contributed by atoms with Gasteiger partial charge in [0.2, 0.25) is 0 Å². The van der Waals surface area contributed by atoms with Crippen LogP contribution in [0.2, 0.25) is 0 Å². The molecule has 0 saturated carbocycles. The lowest BCUT2D eigenvalue weighted by Gasteiger charge is -2.17. The summed E-state index contributed by atoms with van der Waals surface area (Å²) in [4.78, 5) is 0. The molecule has 1 radical (unpaired) electrons. The third-order valence-electron chi connectivity index (χ3n) is 5.05. The highest BCUT2D eigenvalue weighted by atomic mass is 16.3. The third kappa shape index (κ3) is 16.8. The first kappa shape index (κ1) is 23.9. The van der Waals surface area contributed by atoms with Gasteiger partial charge in [0.1, 0.15) is 0 Å². The molecule has 0 aliphatic rings. The number of aliphatic hydroxyl groups excluding tert-OH is 2. The van der Waals surface area contributed by atoms with Gasteiger partial charge in [-0.05, 0) is 12.8 Å². The van der Waals surface area contributed by atoms with Crippen molar-refractivity contribution >= 4 is 0 Å². The van der Waals surface area contributed by atoms with E-state index in [9.17, 15) is 10.2 Å². The van der Waals surface area contributed by atoms with Crippen molar-refractivity contribution in [1.82, 2.24) is 0 Å². The van der Waals surface area contributed by atoms with Crippen LogP contribution >= 0.6 is 0 Å². The fourth-order valence-corrected chi connectivity index (χ4v) is 3.29. The second-order valence-corrected chi connectivity index (χ2v) is 7.52. The molecule has 0 amide bonds. The molecular weight excluding hydrogens is 296 g/mol. The highest BCUT2D eigenvalue weighted by Gasteiger charge is 2.15. The lowest BCUT2D eigenvalue weighted by atomic mass is 9.99. The van der Waals surface area contributed by atoms with Gasteiger partial charge in [0.25, 0.3) is 0 Å². The van der Waals surface area contributed by atoms with E-state index in [1.165, 1.54) is 83.5 Å². The minimum Gasteiger partial charge on any atom is -0.390 e. The van der Waals surface area contributed by atoms with Crippen molar-refractivity contribution < 1.29 is 10.2 Å². The van der Waals surface area contributed by atoms with Crippen LogP contribution in [-0.2, 0) is 0 Å². The summed E-state index contributed by atoms with van der Waals surface area (Å²) in [6, 6.07) is 0. The van der Waals surface area contributed by atoms with Crippen molar-refractivity contribution in [2.75, 3.05) is 0 Å². The maximum absolute atomic E-state index is 10.0. The molecule has 0 aromatic heterocycles. The summed E-state index contributed by atoms with van der Waals surface area (Å²) in [6.07, 6.45) is 20.5. The van der Waals surface area contributed by atoms with E-state index in [1.54, 1.807) is 0 Å². The Labute approximate surface area is 152 Å². The first-order valence-corrected chi connectivity index (χ1v) is 10.9. The van der Waals surface area contributed by atoms with Gasteiger partial charge >= 0.3 is 0 Å². The van der Waals surface area contributed by atoms with Gasteiger partial charge in [0.15, 0.2) is 0 Å². The molecule has 0 rings (SSSR count). The molecule has 0 bridgehead atoms. The van der Waals surface area contributed by atoms with E-state index < -0.39 is 12.2 Å². The smallest absolute Gasteiger partial charge is 0.0799 e. The van der Waals surface area contributed by atoms with E-state index >= 15 is 0 Å². The molecule has 2 unspecified atom stereocenters. The SMILES string of the molecule is [CH2]CCCCCCCCCC(O)C(O)CCCCCCCCCC. The van der Waals surface area contributed by atoms with Gasteiger partial charge in [-0.25, -0.2) is 0 Å². The Morgan fingerprint density at radius 3 is 1.25 bits per heavy atom. The van der Waals surface area contributed by atoms with Crippen LogP contribution in [0.15, 0.2) is 0 Å². The summed E-state index contributed by atoms with van der Waals surface area (Å²) < 4.78 is 0. The summed E-state index contributed by atoms with van der Waals surface area (Å²) in [5.74, 6) is 0. The molecule has 0 fully saturated rings. The molecule has 24 heavy (non-hydrogen) atoms. The molecule has 2 N–H and O–H groups in total. The quantitative estimate of drug-likeness (QED) is 0.260. The van der Waals surface area contributed by atoms with Crippen LogP contribution in [0.5, 0.6) is 0 Å². The Morgan fingerprint density at radius 2 is 0.875 bits per heavy atom. The highest BCUT2D eigenvalue weighted by Crippen LogP contribution is 2.15. The highest BCUT2D eigenvalue weighted by molar-refractivity contribution is 4.67. The van der Waals surface area contributed by atoms with Gasteiger partial charge in [0, 0.05) is 0 Å². The van der Waals surface area contributed by atoms with Gasteiger partial charge in [-0.3, -0.25) is 0 Å². The van der Waals surface area contributed by atoms with Gasteiger partial charge < -0.3 is 10.2 Å². The maximum atomic E-state index is 10.0. The zero-order chi connectivity index (χ0) is 17.9. The van der Waals surface area contributed by atoms with Crippen LogP contribution in [0, 0.1) is 6.92 Å². The number of aliphatic hydroxyl groups is 2. The molecule has 2 atom stereocenters. The first-order valence-electron chi connectivity index (χ1n) is 10.9. The molecule has 0 heterocycles. The van der Waals surface area contributed by atoms with Crippen molar-refractivity contribution in [2.24, 2.45) is 0 Å². The molecule has 0 saturated heterocycles.